The summed E-state index contributed by atoms with van der Waals surface area (Å²) < 4.78 is 35.2. The molecule has 0 bridgehead atoms. The quantitative estimate of drug-likeness (QED) is 0.446. The Bertz CT molecular complexity index is 1420. The Hall–Kier alpha value is -3.51. The molecule has 0 aliphatic carbocycles. The SMILES string of the molecule is CCOc1ccc2c(c1)sc(=NC(=O)c1ccc(S(=O)(=O)N(CCC#N)CCC#N)cc1)n2C. The normalized spacial score (nSPS) is 12.0. The number of fused-ring (bicyclic) bond motifs is 1. The molecule has 0 radical (unpaired) electrons. The highest BCUT2D eigenvalue weighted by Gasteiger charge is 2.24. The molecule has 11 heteroatoms. The molecule has 176 valence electrons. The van der Waals surface area contributed by atoms with E-state index in [1.165, 1.54) is 35.6 Å². The van der Waals surface area contributed by atoms with Crippen LogP contribution in [0.25, 0.3) is 10.2 Å². The number of nitriles is 2. The van der Waals surface area contributed by atoms with Gasteiger partial charge in [-0.05, 0) is 49.4 Å². The number of sulfonamides is 1. The van der Waals surface area contributed by atoms with Crippen molar-refractivity contribution >= 4 is 37.5 Å². The largest absolute Gasteiger partial charge is 0.494 e. The third-order valence-electron chi connectivity index (χ3n) is 4.97. The highest BCUT2D eigenvalue weighted by atomic mass is 32.2. The third kappa shape index (κ3) is 5.51. The molecule has 1 heterocycles. The summed E-state index contributed by atoms with van der Waals surface area (Å²) in [5.74, 6) is 0.243. The summed E-state index contributed by atoms with van der Waals surface area (Å²) in [6.07, 6.45) is 0.0245. The lowest BCUT2D eigenvalue weighted by Gasteiger charge is -2.20. The number of aromatic nitrogens is 1. The van der Waals surface area contributed by atoms with E-state index in [1.807, 2.05) is 48.9 Å². The van der Waals surface area contributed by atoms with Crippen LogP contribution in [0.3, 0.4) is 0 Å². The molecule has 34 heavy (non-hydrogen) atoms. The molecule has 0 N–H and O–H groups in total. The lowest BCUT2D eigenvalue weighted by Crippen LogP contribution is -2.32. The summed E-state index contributed by atoms with van der Waals surface area (Å²) in [7, 11) is -2.09. The molecule has 2 aromatic carbocycles. The molecule has 0 atom stereocenters. The van der Waals surface area contributed by atoms with Gasteiger partial charge in [-0.15, -0.1) is 0 Å². The molecule has 3 rings (SSSR count). The van der Waals surface area contributed by atoms with Crippen LogP contribution in [0.4, 0.5) is 0 Å². The first-order chi connectivity index (χ1) is 16.3. The van der Waals surface area contributed by atoms with Gasteiger partial charge < -0.3 is 9.30 Å². The number of rotatable bonds is 9. The van der Waals surface area contributed by atoms with Crippen LogP contribution in [0.1, 0.15) is 30.1 Å². The molecule has 0 saturated heterocycles. The Morgan fingerprint density at radius 1 is 1.12 bits per heavy atom. The molecule has 0 spiro atoms. The molecule has 0 saturated carbocycles. The second kappa shape index (κ2) is 11.1. The van der Waals surface area contributed by atoms with Crippen LogP contribution in [-0.2, 0) is 17.1 Å². The second-order valence-electron chi connectivity index (χ2n) is 7.17. The van der Waals surface area contributed by atoms with Crippen LogP contribution < -0.4 is 9.54 Å². The van der Waals surface area contributed by atoms with Crippen molar-refractivity contribution in [2.45, 2.75) is 24.7 Å². The van der Waals surface area contributed by atoms with E-state index >= 15 is 0 Å². The molecule has 9 nitrogen and oxygen atoms in total. The van der Waals surface area contributed by atoms with E-state index < -0.39 is 15.9 Å². The standard InChI is InChI=1S/C23H23N5O4S2/c1-3-32-18-8-11-20-21(16-18)33-23(27(20)2)26-22(29)17-6-9-19(10-7-17)34(30,31)28(14-4-12-24)15-5-13-25/h6-11,16H,3-5,14-15H2,1-2H3. The summed E-state index contributed by atoms with van der Waals surface area (Å²) in [5.41, 5.74) is 1.16. The summed E-state index contributed by atoms with van der Waals surface area (Å²) in [5, 5.41) is 17.6. The number of hydrogen-bond acceptors (Lipinski definition) is 7. The zero-order chi connectivity index (χ0) is 24.7. The van der Waals surface area contributed by atoms with Gasteiger partial charge in [0.05, 0.1) is 33.9 Å². The minimum Gasteiger partial charge on any atom is -0.494 e. The first kappa shape index (κ1) is 25.1. The van der Waals surface area contributed by atoms with Gasteiger partial charge in [0.15, 0.2) is 4.80 Å². The van der Waals surface area contributed by atoms with Gasteiger partial charge in [0.2, 0.25) is 10.0 Å². The van der Waals surface area contributed by atoms with Crippen molar-refractivity contribution in [1.82, 2.24) is 8.87 Å². The number of amides is 1. The summed E-state index contributed by atoms with van der Waals surface area (Å²) in [4.78, 5) is 17.5. The second-order valence-corrected chi connectivity index (χ2v) is 10.1. The van der Waals surface area contributed by atoms with E-state index in [1.54, 1.807) is 0 Å². The van der Waals surface area contributed by atoms with E-state index in [4.69, 9.17) is 15.3 Å². The number of carbonyl (C=O) groups is 1. The van der Waals surface area contributed by atoms with Crippen molar-refractivity contribution in [1.29, 1.82) is 10.5 Å². The number of thiazole rings is 1. The van der Waals surface area contributed by atoms with Crippen LogP contribution in [0.5, 0.6) is 5.75 Å². The van der Waals surface area contributed by atoms with Gasteiger partial charge in [0.1, 0.15) is 5.75 Å². The predicted molar refractivity (Wildman–Crippen MR) is 128 cm³/mol. The minimum absolute atomic E-state index is 0.00994. The van der Waals surface area contributed by atoms with E-state index in [-0.39, 0.29) is 36.4 Å². The number of benzene rings is 2. The van der Waals surface area contributed by atoms with Gasteiger partial charge in [-0.2, -0.15) is 19.8 Å². The van der Waals surface area contributed by atoms with Crippen LogP contribution in [-0.4, -0.2) is 42.9 Å². The average molecular weight is 498 g/mol. The topological polar surface area (TPSA) is 129 Å². The zero-order valence-corrected chi connectivity index (χ0v) is 20.4. The van der Waals surface area contributed by atoms with Gasteiger partial charge in [-0.1, -0.05) is 11.3 Å². The highest BCUT2D eigenvalue weighted by Crippen LogP contribution is 2.23. The Kier molecular flexibility index (Phi) is 8.18. The Labute approximate surface area is 201 Å². The maximum atomic E-state index is 12.9. The van der Waals surface area contributed by atoms with E-state index in [0.717, 1.165) is 20.3 Å². The van der Waals surface area contributed by atoms with E-state index in [0.29, 0.717) is 11.4 Å². The number of nitrogens with zero attached hydrogens (tertiary/aromatic N) is 5. The molecular weight excluding hydrogens is 474 g/mol. The predicted octanol–water partition coefficient (Wildman–Crippen LogP) is 3.20. The van der Waals surface area contributed by atoms with Crippen molar-refractivity contribution in [3.8, 4) is 17.9 Å². The van der Waals surface area contributed by atoms with Crippen molar-refractivity contribution in [3.63, 3.8) is 0 Å². The van der Waals surface area contributed by atoms with Gasteiger partial charge >= 0.3 is 0 Å². The molecule has 1 amide bonds. The van der Waals surface area contributed by atoms with E-state index in [2.05, 4.69) is 4.99 Å². The number of carbonyl (C=O) groups excluding carboxylic acids is 1. The fourth-order valence-corrected chi connectivity index (χ4v) is 5.74. The first-order valence-corrected chi connectivity index (χ1v) is 12.7. The monoisotopic (exact) mass is 497 g/mol. The summed E-state index contributed by atoms with van der Waals surface area (Å²) >= 11 is 1.35. The molecule has 1 aromatic heterocycles. The first-order valence-electron chi connectivity index (χ1n) is 10.5. The fraction of sp³-hybridized carbons (Fsp3) is 0.304. The minimum atomic E-state index is -3.90. The average Bonchev–Trinajstić information content (AvgIpc) is 3.13. The van der Waals surface area contributed by atoms with Crippen LogP contribution >= 0.6 is 11.3 Å². The van der Waals surface area contributed by atoms with Gasteiger partial charge in [-0.25, -0.2) is 8.42 Å². The fourth-order valence-electron chi connectivity index (χ4n) is 3.25. The maximum absolute atomic E-state index is 12.9. The van der Waals surface area contributed by atoms with Gasteiger partial charge in [0, 0.05) is 38.5 Å². The van der Waals surface area contributed by atoms with E-state index in [9.17, 15) is 13.2 Å². The number of aryl methyl sites for hydroxylation is 1. The molecule has 0 aliphatic heterocycles. The molecule has 0 fully saturated rings. The third-order valence-corrected chi connectivity index (χ3v) is 7.98. The number of ether oxygens (including phenoxy) is 1. The highest BCUT2D eigenvalue weighted by molar-refractivity contribution is 7.89. The van der Waals surface area contributed by atoms with Crippen molar-refractivity contribution < 1.29 is 17.9 Å². The smallest absolute Gasteiger partial charge is 0.279 e. The summed E-state index contributed by atoms with van der Waals surface area (Å²) in [6, 6.07) is 15.0. The van der Waals surface area contributed by atoms with Crippen molar-refractivity contribution in [2.75, 3.05) is 19.7 Å². The lowest BCUT2D eigenvalue weighted by atomic mass is 10.2. The van der Waals surface area contributed by atoms with Crippen molar-refractivity contribution in [3.05, 3.63) is 52.8 Å². The molecular formula is C23H23N5O4S2. The number of hydrogen-bond donors (Lipinski definition) is 0. The summed E-state index contributed by atoms with van der Waals surface area (Å²) in [6.45, 7) is 2.44. The Balaban J connectivity index is 1.87. The van der Waals surface area contributed by atoms with Crippen LogP contribution in [0, 0.1) is 22.7 Å². The molecule has 0 unspecified atom stereocenters. The molecule has 3 aromatic rings. The molecule has 0 aliphatic rings. The zero-order valence-electron chi connectivity index (χ0n) is 18.8. The van der Waals surface area contributed by atoms with Gasteiger partial charge in [0.25, 0.3) is 5.91 Å². The Morgan fingerprint density at radius 3 is 2.35 bits per heavy atom. The van der Waals surface area contributed by atoms with Gasteiger partial charge in [-0.3, -0.25) is 4.79 Å². The van der Waals surface area contributed by atoms with Crippen LogP contribution in [0.2, 0.25) is 0 Å². The lowest BCUT2D eigenvalue weighted by molar-refractivity contribution is 0.0998. The maximum Gasteiger partial charge on any atom is 0.279 e. The van der Waals surface area contributed by atoms with Crippen molar-refractivity contribution in [2.24, 2.45) is 12.0 Å². The van der Waals surface area contributed by atoms with Crippen LogP contribution in [0.15, 0.2) is 52.4 Å². The Morgan fingerprint density at radius 2 is 1.76 bits per heavy atom.